The Labute approximate surface area is 95.1 Å². The van der Waals surface area contributed by atoms with Gasteiger partial charge in [0.15, 0.2) is 0 Å². The highest BCUT2D eigenvalue weighted by atomic mass is 19.1. The zero-order chi connectivity index (χ0) is 11.8. The summed E-state index contributed by atoms with van der Waals surface area (Å²) in [5.74, 6) is -0.0200. The first kappa shape index (κ1) is 11.6. The highest BCUT2D eigenvalue weighted by molar-refractivity contribution is 5.33. The molecule has 0 amide bonds. The average Bonchev–Trinajstić information content (AvgIpc) is 3.00. The topological polar surface area (TPSA) is 29.5 Å². The third-order valence-electron chi connectivity index (χ3n) is 3.27. The smallest absolute Gasteiger partial charge is 0.123 e. The average molecular weight is 224 g/mol. The first-order valence-electron chi connectivity index (χ1n) is 5.56. The van der Waals surface area contributed by atoms with E-state index in [9.17, 15) is 9.50 Å². The molecule has 1 aliphatic rings. The van der Waals surface area contributed by atoms with Crippen LogP contribution in [0.4, 0.5) is 4.39 Å². The molecule has 1 N–H and O–H groups in total. The molecule has 1 atom stereocenters. The summed E-state index contributed by atoms with van der Waals surface area (Å²) in [6, 6.07) is 4.52. The summed E-state index contributed by atoms with van der Waals surface area (Å²) in [5, 5.41) is 10.6. The van der Waals surface area contributed by atoms with Crippen LogP contribution in [0.25, 0.3) is 0 Å². The Morgan fingerprint density at radius 3 is 2.69 bits per heavy atom. The van der Waals surface area contributed by atoms with Crippen molar-refractivity contribution < 1.29 is 14.2 Å². The van der Waals surface area contributed by atoms with Gasteiger partial charge in [-0.15, -0.1) is 0 Å². The monoisotopic (exact) mass is 224 g/mol. The van der Waals surface area contributed by atoms with E-state index in [4.69, 9.17) is 4.74 Å². The predicted molar refractivity (Wildman–Crippen MR) is 59.6 cm³/mol. The van der Waals surface area contributed by atoms with Gasteiger partial charge in [-0.25, -0.2) is 4.39 Å². The highest BCUT2D eigenvalue weighted by Gasteiger charge is 2.45. The lowest BCUT2D eigenvalue weighted by Crippen LogP contribution is -2.34. The summed E-state index contributed by atoms with van der Waals surface area (Å²) in [5.41, 5.74) is 0.622. The van der Waals surface area contributed by atoms with Crippen molar-refractivity contribution >= 4 is 0 Å². The molecule has 0 heterocycles. The van der Waals surface area contributed by atoms with Gasteiger partial charge in [-0.3, -0.25) is 0 Å². The van der Waals surface area contributed by atoms with E-state index in [1.165, 1.54) is 12.1 Å². The Kier molecular flexibility index (Phi) is 3.00. The van der Waals surface area contributed by atoms with Crippen LogP contribution < -0.4 is 0 Å². The summed E-state index contributed by atoms with van der Waals surface area (Å²) in [7, 11) is 1.58. The quantitative estimate of drug-likeness (QED) is 0.850. The van der Waals surface area contributed by atoms with Gasteiger partial charge in [0.2, 0.25) is 0 Å². The molecular formula is C13H17FO2. The number of benzene rings is 1. The fourth-order valence-electron chi connectivity index (χ4n) is 2.31. The lowest BCUT2D eigenvalue weighted by Gasteiger charge is -2.29. The van der Waals surface area contributed by atoms with Crippen LogP contribution in [0, 0.1) is 18.7 Å². The van der Waals surface area contributed by atoms with Crippen LogP contribution in [-0.2, 0) is 10.3 Å². The highest BCUT2D eigenvalue weighted by Crippen LogP contribution is 2.46. The van der Waals surface area contributed by atoms with Crippen molar-refractivity contribution in [3.63, 3.8) is 0 Å². The largest absolute Gasteiger partial charge is 0.382 e. The summed E-state index contributed by atoms with van der Waals surface area (Å²) < 4.78 is 18.1. The zero-order valence-corrected chi connectivity index (χ0v) is 9.66. The number of aliphatic hydroxyl groups is 1. The number of aryl methyl sites for hydroxylation is 1. The van der Waals surface area contributed by atoms with E-state index in [-0.39, 0.29) is 18.3 Å². The predicted octanol–water partition coefficient (Wildman–Crippen LogP) is 2.38. The molecule has 1 aromatic carbocycles. The van der Waals surface area contributed by atoms with Crippen LogP contribution in [0.5, 0.6) is 0 Å². The minimum Gasteiger partial charge on any atom is -0.382 e. The summed E-state index contributed by atoms with van der Waals surface area (Å²) in [6.07, 6.45) is 2.02. The molecule has 0 aromatic heterocycles. The Bertz CT molecular complexity index is 388. The third kappa shape index (κ3) is 1.97. The van der Waals surface area contributed by atoms with Gasteiger partial charge in [0.1, 0.15) is 11.4 Å². The second-order valence-corrected chi connectivity index (χ2v) is 4.59. The maximum Gasteiger partial charge on any atom is 0.123 e. The molecule has 1 aromatic rings. The molecule has 1 saturated carbocycles. The van der Waals surface area contributed by atoms with Crippen molar-refractivity contribution in [1.29, 1.82) is 0 Å². The van der Waals surface area contributed by atoms with E-state index < -0.39 is 5.60 Å². The number of hydrogen-bond donors (Lipinski definition) is 1. The minimum absolute atomic E-state index is 0.247. The van der Waals surface area contributed by atoms with E-state index >= 15 is 0 Å². The van der Waals surface area contributed by atoms with E-state index in [0.29, 0.717) is 0 Å². The van der Waals surface area contributed by atoms with Crippen LogP contribution in [0.15, 0.2) is 18.2 Å². The molecule has 16 heavy (non-hydrogen) atoms. The Hall–Kier alpha value is -0.930. The molecule has 1 aliphatic carbocycles. The molecule has 2 nitrogen and oxygen atoms in total. The minimum atomic E-state index is -0.952. The molecular weight excluding hydrogens is 207 g/mol. The molecule has 0 radical (unpaired) electrons. The molecule has 2 rings (SSSR count). The maximum atomic E-state index is 13.0. The van der Waals surface area contributed by atoms with Gasteiger partial charge >= 0.3 is 0 Å². The van der Waals surface area contributed by atoms with Crippen molar-refractivity contribution in [1.82, 2.24) is 0 Å². The Morgan fingerprint density at radius 1 is 1.50 bits per heavy atom. The molecule has 1 unspecified atom stereocenters. The standard InChI is InChI=1S/C13H17FO2/c1-9-7-11(14)5-6-12(9)13(15,8-16-2)10-3-4-10/h5-7,10,15H,3-4,8H2,1-2H3. The fourth-order valence-corrected chi connectivity index (χ4v) is 2.31. The Balaban J connectivity index is 2.38. The maximum absolute atomic E-state index is 13.0. The SMILES string of the molecule is COCC(O)(c1ccc(F)cc1C)C1CC1. The number of ether oxygens (including phenoxy) is 1. The van der Waals surface area contributed by atoms with E-state index in [2.05, 4.69) is 0 Å². The van der Waals surface area contributed by atoms with Gasteiger partial charge in [-0.2, -0.15) is 0 Å². The van der Waals surface area contributed by atoms with Crippen LogP contribution in [-0.4, -0.2) is 18.8 Å². The lowest BCUT2D eigenvalue weighted by molar-refractivity contribution is -0.0537. The molecule has 0 spiro atoms. The normalized spacial score (nSPS) is 19.5. The van der Waals surface area contributed by atoms with Crippen molar-refractivity contribution in [2.45, 2.75) is 25.4 Å². The van der Waals surface area contributed by atoms with Crippen molar-refractivity contribution in [2.75, 3.05) is 13.7 Å². The Morgan fingerprint density at radius 2 is 2.19 bits per heavy atom. The van der Waals surface area contributed by atoms with E-state index in [0.717, 1.165) is 24.0 Å². The van der Waals surface area contributed by atoms with Crippen LogP contribution >= 0.6 is 0 Å². The van der Waals surface area contributed by atoms with Gasteiger partial charge < -0.3 is 9.84 Å². The first-order chi connectivity index (χ1) is 7.58. The molecule has 88 valence electrons. The summed E-state index contributed by atoms with van der Waals surface area (Å²) in [4.78, 5) is 0. The van der Waals surface area contributed by atoms with Gasteiger partial charge in [0.25, 0.3) is 0 Å². The zero-order valence-electron chi connectivity index (χ0n) is 9.66. The summed E-state index contributed by atoms with van der Waals surface area (Å²) in [6.45, 7) is 2.09. The van der Waals surface area contributed by atoms with E-state index in [1.807, 2.05) is 6.92 Å². The van der Waals surface area contributed by atoms with Gasteiger partial charge in [-0.05, 0) is 48.9 Å². The molecule has 0 saturated heterocycles. The van der Waals surface area contributed by atoms with E-state index in [1.54, 1.807) is 13.2 Å². The number of hydrogen-bond acceptors (Lipinski definition) is 2. The van der Waals surface area contributed by atoms with Crippen LogP contribution in [0.1, 0.15) is 24.0 Å². The molecule has 1 fully saturated rings. The lowest BCUT2D eigenvalue weighted by atomic mass is 9.86. The fraction of sp³-hybridized carbons (Fsp3) is 0.538. The molecule has 0 bridgehead atoms. The van der Waals surface area contributed by atoms with Crippen LogP contribution in [0.3, 0.4) is 0 Å². The third-order valence-corrected chi connectivity index (χ3v) is 3.27. The number of rotatable bonds is 4. The number of methoxy groups -OCH3 is 1. The van der Waals surface area contributed by atoms with Crippen molar-refractivity contribution in [3.8, 4) is 0 Å². The van der Waals surface area contributed by atoms with Crippen molar-refractivity contribution in [3.05, 3.63) is 35.1 Å². The first-order valence-corrected chi connectivity index (χ1v) is 5.56. The number of halogens is 1. The van der Waals surface area contributed by atoms with Crippen LogP contribution in [0.2, 0.25) is 0 Å². The van der Waals surface area contributed by atoms with Gasteiger partial charge in [0, 0.05) is 7.11 Å². The van der Waals surface area contributed by atoms with Gasteiger partial charge in [-0.1, -0.05) is 6.07 Å². The molecule has 3 heteroatoms. The van der Waals surface area contributed by atoms with Crippen molar-refractivity contribution in [2.24, 2.45) is 5.92 Å². The summed E-state index contributed by atoms with van der Waals surface area (Å²) >= 11 is 0. The second-order valence-electron chi connectivity index (χ2n) is 4.59. The second kappa shape index (κ2) is 4.15. The molecule has 0 aliphatic heterocycles. The van der Waals surface area contributed by atoms with Gasteiger partial charge in [0.05, 0.1) is 6.61 Å².